The molecule has 0 fully saturated rings. The first kappa shape index (κ1) is 10.5. The predicted octanol–water partition coefficient (Wildman–Crippen LogP) is -0.695. The number of amides is 4. The summed E-state index contributed by atoms with van der Waals surface area (Å²) in [4.78, 5) is 20.8. The number of nitrogens with two attached hydrogens (primary N) is 2. The van der Waals surface area contributed by atoms with E-state index in [1.54, 1.807) is 0 Å². The summed E-state index contributed by atoms with van der Waals surface area (Å²) in [7, 11) is 0. The van der Waals surface area contributed by atoms with Gasteiger partial charge in [0.2, 0.25) is 0 Å². The second-order valence-corrected chi connectivity index (χ2v) is 2.74. The topological polar surface area (TPSA) is 110 Å². The lowest BCUT2D eigenvalue weighted by Gasteiger charge is -2.21. The van der Waals surface area contributed by atoms with Crippen LogP contribution in [0.2, 0.25) is 0 Å². The number of rotatable bonds is 3. The lowest BCUT2D eigenvalue weighted by Crippen LogP contribution is -2.53. The molecule has 12 heavy (non-hydrogen) atoms. The van der Waals surface area contributed by atoms with Crippen LogP contribution in [0.5, 0.6) is 0 Å². The Kier molecular flexibility index (Phi) is 3.89. The molecule has 0 rings (SSSR count). The van der Waals surface area contributed by atoms with Crippen LogP contribution in [-0.4, -0.2) is 18.2 Å². The third kappa shape index (κ3) is 4.37. The Morgan fingerprint density at radius 1 is 1.08 bits per heavy atom. The Morgan fingerprint density at radius 2 is 1.42 bits per heavy atom. The Labute approximate surface area is 70.7 Å². The van der Waals surface area contributed by atoms with Gasteiger partial charge in [0.05, 0.1) is 0 Å². The molecule has 4 amide bonds. The van der Waals surface area contributed by atoms with Crippen molar-refractivity contribution in [3.05, 3.63) is 0 Å². The van der Waals surface area contributed by atoms with Gasteiger partial charge in [0.25, 0.3) is 0 Å². The van der Waals surface area contributed by atoms with Crippen molar-refractivity contribution in [3.8, 4) is 0 Å². The fourth-order valence-electron chi connectivity index (χ4n) is 0.676. The summed E-state index contributed by atoms with van der Waals surface area (Å²) >= 11 is 0. The number of nitrogens with one attached hydrogen (secondary N) is 2. The van der Waals surface area contributed by atoms with E-state index in [4.69, 9.17) is 11.5 Å². The summed E-state index contributed by atoms with van der Waals surface area (Å²) in [6, 6.07) is -1.38. The van der Waals surface area contributed by atoms with E-state index in [1.165, 1.54) is 0 Å². The zero-order valence-electron chi connectivity index (χ0n) is 7.13. The fourth-order valence-corrected chi connectivity index (χ4v) is 0.676. The fraction of sp³-hybridized carbons (Fsp3) is 0.667. The molecule has 0 spiro atoms. The summed E-state index contributed by atoms with van der Waals surface area (Å²) < 4.78 is 0. The Hall–Kier alpha value is -1.46. The Balaban J connectivity index is 4.04. The van der Waals surface area contributed by atoms with Crippen molar-refractivity contribution in [3.63, 3.8) is 0 Å². The average Bonchev–Trinajstić information content (AvgIpc) is 1.83. The van der Waals surface area contributed by atoms with Crippen molar-refractivity contribution in [2.45, 2.75) is 20.0 Å². The number of carbonyl (C=O) groups is 2. The van der Waals surface area contributed by atoms with Gasteiger partial charge in [-0.1, -0.05) is 13.8 Å². The van der Waals surface area contributed by atoms with Gasteiger partial charge in [0, 0.05) is 0 Å². The van der Waals surface area contributed by atoms with Crippen LogP contribution in [0.15, 0.2) is 0 Å². The third-order valence-electron chi connectivity index (χ3n) is 1.26. The molecule has 0 atom stereocenters. The number of urea groups is 2. The highest BCUT2D eigenvalue weighted by atomic mass is 16.2. The minimum absolute atomic E-state index is 0.0324. The van der Waals surface area contributed by atoms with Crippen molar-refractivity contribution in [1.29, 1.82) is 0 Å². The zero-order valence-corrected chi connectivity index (χ0v) is 7.13. The molecule has 0 saturated heterocycles. The lowest BCUT2D eigenvalue weighted by molar-refractivity contribution is 0.227. The molecule has 0 aromatic heterocycles. The maximum atomic E-state index is 10.4. The van der Waals surface area contributed by atoms with Crippen molar-refractivity contribution >= 4 is 12.1 Å². The van der Waals surface area contributed by atoms with Gasteiger partial charge >= 0.3 is 12.1 Å². The van der Waals surface area contributed by atoms with Gasteiger partial charge in [-0.2, -0.15) is 0 Å². The highest BCUT2D eigenvalue weighted by molar-refractivity contribution is 5.75. The van der Waals surface area contributed by atoms with Gasteiger partial charge in [-0.05, 0) is 5.92 Å². The van der Waals surface area contributed by atoms with E-state index in [0.717, 1.165) is 0 Å². The molecule has 0 heterocycles. The van der Waals surface area contributed by atoms with Crippen LogP contribution in [0.25, 0.3) is 0 Å². The van der Waals surface area contributed by atoms with Crippen LogP contribution in [0, 0.1) is 5.92 Å². The van der Waals surface area contributed by atoms with Crippen LogP contribution < -0.4 is 22.1 Å². The van der Waals surface area contributed by atoms with E-state index in [9.17, 15) is 9.59 Å². The second-order valence-electron chi connectivity index (χ2n) is 2.74. The van der Waals surface area contributed by atoms with Crippen LogP contribution in [-0.2, 0) is 0 Å². The normalized spacial score (nSPS) is 10.0. The average molecular weight is 174 g/mol. The van der Waals surface area contributed by atoms with E-state index in [-0.39, 0.29) is 5.92 Å². The molecule has 70 valence electrons. The summed E-state index contributed by atoms with van der Waals surface area (Å²) in [6.07, 6.45) is -0.514. The molecule has 0 unspecified atom stereocenters. The quantitative estimate of drug-likeness (QED) is 0.424. The Morgan fingerprint density at radius 3 is 1.58 bits per heavy atom. The molecule has 0 radical (unpaired) electrons. The predicted molar refractivity (Wildman–Crippen MR) is 44.1 cm³/mol. The standard InChI is InChI=1S/C6H14N4O2/c1-3(2)4(9-5(7)11)10-6(8)12/h3-4H,1-2H3,(H3,7,9,11)(H3,8,10,12). The molecule has 6 N–H and O–H groups in total. The van der Waals surface area contributed by atoms with Gasteiger partial charge in [-0.15, -0.1) is 0 Å². The maximum absolute atomic E-state index is 10.4. The molecular weight excluding hydrogens is 160 g/mol. The molecule has 0 aromatic rings. The van der Waals surface area contributed by atoms with Crippen molar-refractivity contribution < 1.29 is 9.59 Å². The maximum Gasteiger partial charge on any atom is 0.313 e. The van der Waals surface area contributed by atoms with Crippen LogP contribution in [0.3, 0.4) is 0 Å². The molecule has 0 aliphatic carbocycles. The number of carbonyl (C=O) groups excluding carboxylic acids is 2. The second kappa shape index (κ2) is 4.42. The highest BCUT2D eigenvalue weighted by Gasteiger charge is 2.15. The van der Waals surface area contributed by atoms with E-state index in [2.05, 4.69) is 10.6 Å². The third-order valence-corrected chi connectivity index (χ3v) is 1.26. The van der Waals surface area contributed by atoms with Crippen molar-refractivity contribution in [2.24, 2.45) is 17.4 Å². The smallest absolute Gasteiger partial charge is 0.313 e. The minimum Gasteiger partial charge on any atom is -0.352 e. The molecule has 0 aliphatic rings. The molecule has 0 saturated carbocycles. The molecule has 0 bridgehead atoms. The monoisotopic (exact) mass is 174 g/mol. The van der Waals surface area contributed by atoms with Gasteiger partial charge < -0.3 is 22.1 Å². The summed E-state index contributed by atoms with van der Waals surface area (Å²) in [5, 5.41) is 4.68. The van der Waals surface area contributed by atoms with E-state index >= 15 is 0 Å². The number of primary amides is 2. The van der Waals surface area contributed by atoms with Gasteiger partial charge in [-0.25, -0.2) is 9.59 Å². The SMILES string of the molecule is CC(C)C(NC(N)=O)NC(N)=O. The zero-order chi connectivity index (χ0) is 9.72. The molecular formula is C6H14N4O2. The van der Waals surface area contributed by atoms with E-state index < -0.39 is 18.2 Å². The minimum atomic E-state index is -0.692. The summed E-state index contributed by atoms with van der Waals surface area (Å²) in [6.45, 7) is 3.63. The van der Waals surface area contributed by atoms with Crippen LogP contribution in [0.1, 0.15) is 13.8 Å². The molecule has 0 aliphatic heterocycles. The molecule has 6 nitrogen and oxygen atoms in total. The van der Waals surface area contributed by atoms with Crippen LogP contribution in [0.4, 0.5) is 9.59 Å². The highest BCUT2D eigenvalue weighted by Crippen LogP contribution is 1.96. The summed E-state index contributed by atoms with van der Waals surface area (Å²) in [5.41, 5.74) is 9.73. The van der Waals surface area contributed by atoms with E-state index in [0.29, 0.717) is 0 Å². The van der Waals surface area contributed by atoms with Gasteiger partial charge in [0.15, 0.2) is 0 Å². The number of hydrogen-bond acceptors (Lipinski definition) is 2. The Bertz CT molecular complexity index is 164. The van der Waals surface area contributed by atoms with Crippen molar-refractivity contribution in [2.75, 3.05) is 0 Å². The molecule has 0 aromatic carbocycles. The first-order valence-electron chi connectivity index (χ1n) is 3.55. The van der Waals surface area contributed by atoms with E-state index in [1.807, 2.05) is 13.8 Å². The lowest BCUT2D eigenvalue weighted by atomic mass is 10.1. The van der Waals surface area contributed by atoms with Crippen LogP contribution >= 0.6 is 0 Å². The molecule has 6 heteroatoms. The largest absolute Gasteiger partial charge is 0.352 e. The number of hydrogen-bond donors (Lipinski definition) is 4. The summed E-state index contributed by atoms with van der Waals surface area (Å²) in [5.74, 6) is 0.0324. The van der Waals surface area contributed by atoms with Gasteiger partial charge in [0.1, 0.15) is 6.17 Å². The first-order chi connectivity index (χ1) is 5.43. The van der Waals surface area contributed by atoms with Gasteiger partial charge in [-0.3, -0.25) is 0 Å². The van der Waals surface area contributed by atoms with Crippen molar-refractivity contribution in [1.82, 2.24) is 10.6 Å². The first-order valence-corrected chi connectivity index (χ1v) is 3.55.